The lowest BCUT2D eigenvalue weighted by molar-refractivity contribution is 0.0946. The number of thioether (sulfide) groups is 1. The smallest absolute Gasteiger partial charge is 0.271 e. The van der Waals surface area contributed by atoms with Crippen LogP contribution < -0.4 is 10.2 Å². The Bertz CT molecular complexity index is 564. The lowest BCUT2D eigenvalue weighted by atomic mass is 10.4. The van der Waals surface area contributed by atoms with Gasteiger partial charge in [-0.1, -0.05) is 11.8 Å². The predicted molar refractivity (Wildman–Crippen MR) is 81.5 cm³/mol. The Kier molecular flexibility index (Phi) is 4.78. The molecule has 0 aliphatic rings. The fourth-order valence-corrected chi connectivity index (χ4v) is 3.30. The van der Waals surface area contributed by atoms with E-state index in [1.54, 1.807) is 16.7 Å². The number of nitrogens with one attached hydrogen (secondary N) is 1. The van der Waals surface area contributed by atoms with E-state index < -0.39 is 0 Å². The van der Waals surface area contributed by atoms with E-state index in [1.807, 2.05) is 30.6 Å². The molecule has 0 unspecified atom stereocenters. The molecule has 5 nitrogen and oxygen atoms in total. The van der Waals surface area contributed by atoms with Crippen molar-refractivity contribution in [1.29, 1.82) is 0 Å². The molecule has 0 aromatic carbocycles. The number of hydrogen-bond acceptors (Lipinski definition) is 7. The van der Waals surface area contributed by atoms with Crippen LogP contribution in [0.15, 0.2) is 15.1 Å². The molecular formula is C11H14N4OS3. The number of thiazole rings is 2. The summed E-state index contributed by atoms with van der Waals surface area (Å²) in [5, 5.41) is 7.48. The van der Waals surface area contributed by atoms with Gasteiger partial charge in [-0.15, -0.1) is 22.7 Å². The van der Waals surface area contributed by atoms with E-state index in [9.17, 15) is 4.79 Å². The molecule has 0 spiro atoms. The van der Waals surface area contributed by atoms with Crippen molar-refractivity contribution in [2.24, 2.45) is 0 Å². The number of carbonyl (C=O) groups is 1. The van der Waals surface area contributed by atoms with Gasteiger partial charge in [-0.25, -0.2) is 9.97 Å². The highest BCUT2D eigenvalue weighted by atomic mass is 32.2. The summed E-state index contributed by atoms with van der Waals surface area (Å²) in [5.41, 5.74) is 1.33. The second kappa shape index (κ2) is 6.36. The fourth-order valence-electron chi connectivity index (χ4n) is 1.30. The van der Waals surface area contributed by atoms with Crippen LogP contribution in [0.25, 0.3) is 0 Å². The summed E-state index contributed by atoms with van der Waals surface area (Å²) in [6.45, 7) is 0.426. The van der Waals surface area contributed by atoms with Gasteiger partial charge in [0.2, 0.25) is 0 Å². The first-order valence-corrected chi connectivity index (χ1v) is 8.48. The number of amides is 1. The zero-order valence-corrected chi connectivity index (χ0v) is 13.3. The van der Waals surface area contributed by atoms with E-state index in [0.717, 1.165) is 15.2 Å². The van der Waals surface area contributed by atoms with Crippen molar-refractivity contribution in [1.82, 2.24) is 15.3 Å². The Labute approximate surface area is 124 Å². The number of carbonyl (C=O) groups excluding carboxylic acids is 1. The van der Waals surface area contributed by atoms with Gasteiger partial charge in [0, 0.05) is 24.9 Å². The van der Waals surface area contributed by atoms with Gasteiger partial charge in [0.15, 0.2) is 5.13 Å². The summed E-state index contributed by atoms with van der Waals surface area (Å²) in [5.74, 6) is -0.157. The number of anilines is 1. The molecular weight excluding hydrogens is 300 g/mol. The standard InChI is InChI=1S/C11H14N4OS3/c1-15(2)10-13-7(5-18-10)4-12-9(16)8-6-19-11(14-8)17-3/h5-6H,4H2,1-3H3,(H,12,16). The van der Waals surface area contributed by atoms with Crippen LogP contribution in [-0.4, -0.2) is 36.2 Å². The molecule has 1 amide bonds. The fraction of sp³-hybridized carbons (Fsp3) is 0.364. The number of aromatic nitrogens is 2. The Morgan fingerprint density at radius 3 is 2.74 bits per heavy atom. The SMILES string of the molecule is CSc1nc(C(=O)NCc2csc(N(C)C)n2)cs1. The molecule has 1 N–H and O–H groups in total. The van der Waals surface area contributed by atoms with Crippen LogP contribution in [0.4, 0.5) is 5.13 Å². The van der Waals surface area contributed by atoms with Crippen molar-refractivity contribution >= 4 is 45.5 Å². The van der Waals surface area contributed by atoms with Gasteiger partial charge >= 0.3 is 0 Å². The molecule has 0 atom stereocenters. The van der Waals surface area contributed by atoms with Crippen LogP contribution in [-0.2, 0) is 6.54 Å². The molecule has 19 heavy (non-hydrogen) atoms. The first kappa shape index (κ1) is 14.3. The molecule has 0 saturated heterocycles. The molecule has 2 aromatic rings. The minimum Gasteiger partial charge on any atom is -0.354 e. The van der Waals surface area contributed by atoms with E-state index in [-0.39, 0.29) is 5.91 Å². The number of nitrogens with zero attached hydrogens (tertiary/aromatic N) is 3. The molecule has 0 aliphatic carbocycles. The third kappa shape index (κ3) is 3.68. The summed E-state index contributed by atoms with van der Waals surface area (Å²) in [6, 6.07) is 0. The highest BCUT2D eigenvalue weighted by Gasteiger charge is 2.11. The second-order valence-electron chi connectivity index (χ2n) is 3.90. The monoisotopic (exact) mass is 314 g/mol. The van der Waals surface area contributed by atoms with E-state index >= 15 is 0 Å². The first-order valence-electron chi connectivity index (χ1n) is 5.49. The zero-order valence-electron chi connectivity index (χ0n) is 10.8. The molecule has 8 heteroatoms. The number of hydrogen-bond donors (Lipinski definition) is 1. The maximum atomic E-state index is 11.9. The van der Waals surface area contributed by atoms with Crippen LogP contribution in [0.3, 0.4) is 0 Å². The lowest BCUT2D eigenvalue weighted by Crippen LogP contribution is -2.23. The van der Waals surface area contributed by atoms with Gasteiger partial charge in [0.1, 0.15) is 10.0 Å². The molecule has 0 saturated carbocycles. The van der Waals surface area contributed by atoms with E-state index in [2.05, 4.69) is 15.3 Å². The van der Waals surface area contributed by atoms with Crippen LogP contribution in [0.5, 0.6) is 0 Å². The average molecular weight is 314 g/mol. The molecule has 2 heterocycles. The molecule has 0 fully saturated rings. The van der Waals surface area contributed by atoms with Crippen molar-refractivity contribution in [3.8, 4) is 0 Å². The summed E-state index contributed by atoms with van der Waals surface area (Å²) in [7, 11) is 3.89. The van der Waals surface area contributed by atoms with Gasteiger partial charge < -0.3 is 10.2 Å². The number of rotatable bonds is 5. The van der Waals surface area contributed by atoms with Gasteiger partial charge in [-0.05, 0) is 6.26 Å². The van der Waals surface area contributed by atoms with Gasteiger partial charge in [0.05, 0.1) is 12.2 Å². The Hall–Kier alpha value is -1.12. The normalized spacial score (nSPS) is 10.5. The highest BCUT2D eigenvalue weighted by molar-refractivity contribution is 8.00. The molecule has 2 aromatic heterocycles. The molecule has 0 aliphatic heterocycles. The predicted octanol–water partition coefficient (Wildman–Crippen LogP) is 2.32. The van der Waals surface area contributed by atoms with Gasteiger partial charge in [-0.2, -0.15) is 0 Å². The first-order chi connectivity index (χ1) is 9.10. The average Bonchev–Trinajstić information content (AvgIpc) is 3.04. The third-order valence-electron chi connectivity index (χ3n) is 2.24. The summed E-state index contributed by atoms with van der Waals surface area (Å²) in [4.78, 5) is 22.4. The highest BCUT2D eigenvalue weighted by Crippen LogP contribution is 2.20. The van der Waals surface area contributed by atoms with Gasteiger partial charge in [-0.3, -0.25) is 4.79 Å². The van der Waals surface area contributed by atoms with Crippen molar-refractivity contribution in [2.45, 2.75) is 10.9 Å². The maximum Gasteiger partial charge on any atom is 0.271 e. The Morgan fingerprint density at radius 2 is 2.16 bits per heavy atom. The van der Waals surface area contributed by atoms with Crippen molar-refractivity contribution in [3.63, 3.8) is 0 Å². The maximum absolute atomic E-state index is 11.9. The van der Waals surface area contributed by atoms with Crippen molar-refractivity contribution in [3.05, 3.63) is 22.1 Å². The summed E-state index contributed by atoms with van der Waals surface area (Å²) < 4.78 is 0.897. The topological polar surface area (TPSA) is 58.1 Å². The van der Waals surface area contributed by atoms with Crippen LogP contribution in [0.1, 0.15) is 16.2 Å². The quantitative estimate of drug-likeness (QED) is 0.858. The van der Waals surface area contributed by atoms with Gasteiger partial charge in [0.25, 0.3) is 5.91 Å². The van der Waals surface area contributed by atoms with E-state index in [4.69, 9.17) is 0 Å². The van der Waals surface area contributed by atoms with Crippen molar-refractivity contribution < 1.29 is 4.79 Å². The van der Waals surface area contributed by atoms with E-state index in [0.29, 0.717) is 12.2 Å². The largest absolute Gasteiger partial charge is 0.354 e. The van der Waals surface area contributed by atoms with E-state index in [1.165, 1.54) is 23.1 Å². The zero-order chi connectivity index (χ0) is 13.8. The Morgan fingerprint density at radius 1 is 1.37 bits per heavy atom. The third-order valence-corrected chi connectivity index (χ3v) is 5.16. The summed E-state index contributed by atoms with van der Waals surface area (Å²) >= 11 is 4.58. The minimum atomic E-state index is -0.157. The Balaban J connectivity index is 1.92. The van der Waals surface area contributed by atoms with Crippen molar-refractivity contribution in [2.75, 3.05) is 25.3 Å². The van der Waals surface area contributed by atoms with Crippen LogP contribution in [0, 0.1) is 0 Å². The molecule has 102 valence electrons. The molecule has 0 radical (unpaired) electrons. The molecule has 0 bridgehead atoms. The molecule has 2 rings (SSSR count). The van der Waals surface area contributed by atoms with Crippen LogP contribution >= 0.6 is 34.4 Å². The lowest BCUT2D eigenvalue weighted by Gasteiger charge is -2.05. The second-order valence-corrected chi connectivity index (χ2v) is 6.65. The summed E-state index contributed by atoms with van der Waals surface area (Å²) in [6.07, 6.45) is 1.94. The minimum absolute atomic E-state index is 0.157. The van der Waals surface area contributed by atoms with Crippen LogP contribution in [0.2, 0.25) is 0 Å².